The normalized spacial score (nSPS) is 13.8. The Bertz CT molecular complexity index is 493. The van der Waals surface area contributed by atoms with Crippen molar-refractivity contribution in [1.82, 2.24) is 10.6 Å². The molecular formula is C13H20ClN3O3S. The van der Waals surface area contributed by atoms with Crippen LogP contribution in [0, 0.1) is 5.92 Å². The van der Waals surface area contributed by atoms with Gasteiger partial charge in [-0.15, -0.1) is 11.3 Å². The van der Waals surface area contributed by atoms with Gasteiger partial charge in [-0.1, -0.05) is 25.4 Å². The summed E-state index contributed by atoms with van der Waals surface area (Å²) in [5.41, 5.74) is 5.65. The average molecular weight is 334 g/mol. The monoisotopic (exact) mass is 333 g/mol. The number of hydrogen-bond donors (Lipinski definition) is 4. The van der Waals surface area contributed by atoms with E-state index in [1.165, 1.54) is 11.3 Å². The van der Waals surface area contributed by atoms with Crippen LogP contribution in [-0.2, 0) is 9.59 Å². The van der Waals surface area contributed by atoms with Crippen LogP contribution in [0.5, 0.6) is 0 Å². The lowest BCUT2D eigenvalue weighted by atomic mass is 10.1. The quantitative estimate of drug-likeness (QED) is 0.588. The summed E-state index contributed by atoms with van der Waals surface area (Å²) in [6.07, 6.45) is -0.819. The Morgan fingerprint density at radius 2 is 2.05 bits per heavy atom. The van der Waals surface area contributed by atoms with Crippen molar-refractivity contribution in [2.24, 2.45) is 11.7 Å². The number of carbonyl (C=O) groups is 2. The maximum absolute atomic E-state index is 11.6. The van der Waals surface area contributed by atoms with Crippen molar-refractivity contribution >= 4 is 34.8 Å². The molecule has 1 aromatic heterocycles. The maximum atomic E-state index is 11.6. The van der Waals surface area contributed by atoms with Crippen LogP contribution in [0.15, 0.2) is 12.1 Å². The molecule has 1 rings (SSSR count). The zero-order valence-electron chi connectivity index (χ0n) is 11.9. The van der Waals surface area contributed by atoms with Gasteiger partial charge in [-0.2, -0.15) is 0 Å². The molecule has 0 aliphatic heterocycles. The minimum Gasteiger partial charge on any atom is -0.386 e. The molecule has 21 heavy (non-hydrogen) atoms. The van der Waals surface area contributed by atoms with Gasteiger partial charge in [0.1, 0.15) is 6.10 Å². The van der Waals surface area contributed by atoms with Crippen molar-refractivity contribution in [3.05, 3.63) is 21.3 Å². The SMILES string of the molecule is CC(C)[C@H](N)C(=O)NCC(=O)NCC(O)c1ccc(Cl)s1. The summed E-state index contributed by atoms with van der Waals surface area (Å²) in [4.78, 5) is 23.8. The van der Waals surface area contributed by atoms with E-state index >= 15 is 0 Å². The van der Waals surface area contributed by atoms with E-state index in [9.17, 15) is 14.7 Å². The lowest BCUT2D eigenvalue weighted by Crippen LogP contribution is -2.47. The van der Waals surface area contributed by atoms with Crippen molar-refractivity contribution in [2.75, 3.05) is 13.1 Å². The number of amides is 2. The molecule has 8 heteroatoms. The molecular weight excluding hydrogens is 314 g/mol. The number of carbonyl (C=O) groups excluding carboxylic acids is 2. The molecule has 0 aliphatic carbocycles. The van der Waals surface area contributed by atoms with Gasteiger partial charge in [0.2, 0.25) is 11.8 Å². The number of thiophene rings is 1. The number of nitrogens with one attached hydrogen (secondary N) is 2. The first-order valence-corrected chi connectivity index (χ1v) is 7.74. The van der Waals surface area contributed by atoms with Crippen molar-refractivity contribution in [1.29, 1.82) is 0 Å². The number of halogens is 1. The summed E-state index contributed by atoms with van der Waals surface area (Å²) in [5, 5.41) is 14.8. The lowest BCUT2D eigenvalue weighted by molar-refractivity contribution is -0.127. The van der Waals surface area contributed by atoms with Gasteiger partial charge >= 0.3 is 0 Å². The maximum Gasteiger partial charge on any atom is 0.239 e. The van der Waals surface area contributed by atoms with Crippen LogP contribution in [0.4, 0.5) is 0 Å². The van der Waals surface area contributed by atoms with Crippen molar-refractivity contribution in [3.63, 3.8) is 0 Å². The van der Waals surface area contributed by atoms with Gasteiger partial charge in [-0.3, -0.25) is 9.59 Å². The fourth-order valence-electron chi connectivity index (χ4n) is 1.47. The first kappa shape index (κ1) is 17.9. The second-order valence-corrected chi connectivity index (χ2v) is 6.70. The summed E-state index contributed by atoms with van der Waals surface area (Å²) in [6, 6.07) is 2.74. The molecule has 0 spiro atoms. The van der Waals surface area contributed by atoms with E-state index in [1.807, 2.05) is 13.8 Å². The third-order valence-corrected chi connectivity index (χ3v) is 4.19. The first-order chi connectivity index (χ1) is 9.81. The fraction of sp³-hybridized carbons (Fsp3) is 0.538. The van der Waals surface area contributed by atoms with Crippen LogP contribution in [0.1, 0.15) is 24.8 Å². The molecule has 0 saturated heterocycles. The van der Waals surface area contributed by atoms with E-state index in [0.29, 0.717) is 9.21 Å². The minimum atomic E-state index is -0.819. The standard InChI is InChI=1S/C13H20ClN3O3S/c1-7(2)12(15)13(20)17-6-11(19)16-5-8(18)9-3-4-10(14)21-9/h3-4,7-8,12,18H,5-6,15H2,1-2H3,(H,16,19)(H,17,20)/t8?,12-/m0/s1. The van der Waals surface area contributed by atoms with Crippen LogP contribution in [0.25, 0.3) is 0 Å². The Hall–Kier alpha value is -1.15. The van der Waals surface area contributed by atoms with Gasteiger partial charge in [0.15, 0.2) is 0 Å². The van der Waals surface area contributed by atoms with Gasteiger partial charge in [0, 0.05) is 11.4 Å². The fourth-order valence-corrected chi connectivity index (χ4v) is 2.52. The van der Waals surface area contributed by atoms with E-state index in [0.717, 1.165) is 0 Å². The van der Waals surface area contributed by atoms with E-state index in [2.05, 4.69) is 10.6 Å². The van der Waals surface area contributed by atoms with Crippen LogP contribution < -0.4 is 16.4 Å². The van der Waals surface area contributed by atoms with Crippen LogP contribution in [0.2, 0.25) is 4.34 Å². The first-order valence-electron chi connectivity index (χ1n) is 6.54. The van der Waals surface area contributed by atoms with Gasteiger partial charge in [0.25, 0.3) is 0 Å². The zero-order valence-corrected chi connectivity index (χ0v) is 13.5. The highest BCUT2D eigenvalue weighted by Gasteiger charge is 2.18. The third kappa shape index (κ3) is 6.01. The predicted octanol–water partition coefficient (Wildman–Crippen LogP) is 0.651. The number of hydrogen-bond acceptors (Lipinski definition) is 5. The topological polar surface area (TPSA) is 104 Å². The molecule has 1 unspecified atom stereocenters. The second-order valence-electron chi connectivity index (χ2n) is 4.95. The highest BCUT2D eigenvalue weighted by molar-refractivity contribution is 7.16. The molecule has 1 heterocycles. The largest absolute Gasteiger partial charge is 0.386 e. The van der Waals surface area contributed by atoms with Gasteiger partial charge in [0.05, 0.1) is 16.9 Å². The molecule has 0 aliphatic rings. The number of aliphatic hydroxyl groups is 1. The number of nitrogens with two attached hydrogens (primary N) is 1. The number of rotatable bonds is 7. The van der Waals surface area contributed by atoms with E-state index in [-0.39, 0.29) is 30.8 Å². The molecule has 5 N–H and O–H groups in total. The van der Waals surface area contributed by atoms with Crippen molar-refractivity contribution < 1.29 is 14.7 Å². The van der Waals surface area contributed by atoms with Crippen molar-refractivity contribution in [3.8, 4) is 0 Å². The van der Waals surface area contributed by atoms with E-state index in [1.54, 1.807) is 12.1 Å². The molecule has 0 aromatic carbocycles. The average Bonchev–Trinajstić information content (AvgIpc) is 2.87. The molecule has 0 bridgehead atoms. The molecule has 0 fully saturated rings. The van der Waals surface area contributed by atoms with Crippen LogP contribution in [-0.4, -0.2) is 36.1 Å². The highest BCUT2D eigenvalue weighted by atomic mass is 35.5. The Morgan fingerprint density at radius 3 is 2.57 bits per heavy atom. The lowest BCUT2D eigenvalue weighted by Gasteiger charge is -2.15. The van der Waals surface area contributed by atoms with Crippen LogP contribution in [0.3, 0.4) is 0 Å². The van der Waals surface area contributed by atoms with Gasteiger partial charge in [-0.25, -0.2) is 0 Å². The molecule has 6 nitrogen and oxygen atoms in total. The molecule has 118 valence electrons. The summed E-state index contributed by atoms with van der Waals surface area (Å²) in [5.74, 6) is -0.759. The Morgan fingerprint density at radius 1 is 1.38 bits per heavy atom. The van der Waals surface area contributed by atoms with E-state index < -0.39 is 12.1 Å². The molecule has 0 saturated carbocycles. The van der Waals surface area contributed by atoms with Gasteiger partial charge < -0.3 is 21.5 Å². The molecule has 1 aromatic rings. The van der Waals surface area contributed by atoms with Gasteiger partial charge in [-0.05, 0) is 18.1 Å². The minimum absolute atomic E-state index is 0.00143. The summed E-state index contributed by atoms with van der Waals surface area (Å²) in [7, 11) is 0. The molecule has 2 atom stereocenters. The predicted molar refractivity (Wildman–Crippen MR) is 83.1 cm³/mol. The number of aliphatic hydroxyl groups excluding tert-OH is 1. The Labute approximate surface area is 132 Å². The third-order valence-electron chi connectivity index (χ3n) is 2.86. The zero-order chi connectivity index (χ0) is 16.0. The summed E-state index contributed by atoms with van der Waals surface area (Å²) < 4.78 is 0.574. The summed E-state index contributed by atoms with van der Waals surface area (Å²) >= 11 is 7.02. The highest BCUT2D eigenvalue weighted by Crippen LogP contribution is 2.26. The molecule has 2 amide bonds. The molecule has 0 radical (unpaired) electrons. The van der Waals surface area contributed by atoms with E-state index in [4.69, 9.17) is 17.3 Å². The smallest absolute Gasteiger partial charge is 0.239 e. The van der Waals surface area contributed by atoms with Crippen LogP contribution >= 0.6 is 22.9 Å². The Kier molecular flexibility index (Phi) is 7.10. The summed E-state index contributed by atoms with van der Waals surface area (Å²) in [6.45, 7) is 3.54. The second kappa shape index (κ2) is 8.33. The van der Waals surface area contributed by atoms with Crippen molar-refractivity contribution in [2.45, 2.75) is 26.0 Å². The Balaban J connectivity index is 2.30.